The molecule has 2 heterocycles. The monoisotopic (exact) mass is 442 g/mol. The highest BCUT2D eigenvalue weighted by Crippen LogP contribution is 2.41. The van der Waals surface area contributed by atoms with Gasteiger partial charge in [-0.2, -0.15) is 4.98 Å². The van der Waals surface area contributed by atoms with Crippen molar-refractivity contribution in [3.05, 3.63) is 57.1 Å². The fraction of sp³-hybridized carbons (Fsp3) is 0.250. The van der Waals surface area contributed by atoms with Gasteiger partial charge in [-0.25, -0.2) is 0 Å². The lowest BCUT2D eigenvalue weighted by molar-refractivity contribution is 0.224. The highest BCUT2D eigenvalue weighted by Gasteiger charge is 2.28. The third kappa shape index (κ3) is 3.41. The number of fused-ring (bicyclic) bond motifs is 3. The molecule has 1 aliphatic rings. The Bertz CT molecular complexity index is 1020. The van der Waals surface area contributed by atoms with Gasteiger partial charge in [-0.3, -0.25) is 0 Å². The van der Waals surface area contributed by atoms with E-state index >= 15 is 0 Å². The Morgan fingerprint density at radius 1 is 1.07 bits per heavy atom. The minimum absolute atomic E-state index is 0.363. The van der Waals surface area contributed by atoms with Crippen molar-refractivity contribution < 1.29 is 4.74 Å². The molecular formula is C20H19BrN4OS. The number of rotatable bonds is 2. The molecule has 0 bridgehead atoms. The minimum atomic E-state index is -0.363. The zero-order valence-corrected chi connectivity index (χ0v) is 17.9. The van der Waals surface area contributed by atoms with E-state index in [1.165, 1.54) is 28.5 Å². The molecule has 4 rings (SSSR count). The van der Waals surface area contributed by atoms with Crippen LogP contribution in [0.4, 0.5) is 5.69 Å². The molecule has 0 saturated carbocycles. The summed E-state index contributed by atoms with van der Waals surface area (Å²) in [7, 11) is 0. The van der Waals surface area contributed by atoms with Crippen LogP contribution >= 0.6 is 27.7 Å². The highest BCUT2D eigenvalue weighted by molar-refractivity contribution is 9.10. The van der Waals surface area contributed by atoms with Crippen LogP contribution in [0, 0.1) is 20.8 Å². The van der Waals surface area contributed by atoms with Gasteiger partial charge in [0, 0.05) is 21.3 Å². The molecule has 0 spiro atoms. The Hall–Kier alpha value is -2.12. The number of thioether (sulfide) groups is 1. The van der Waals surface area contributed by atoms with Crippen molar-refractivity contribution in [2.75, 3.05) is 11.6 Å². The van der Waals surface area contributed by atoms with Crippen LogP contribution in [0.25, 0.3) is 11.3 Å². The first-order valence-electron chi connectivity index (χ1n) is 8.56. The fourth-order valence-corrected chi connectivity index (χ4v) is 4.15. The Labute approximate surface area is 171 Å². The first kappa shape index (κ1) is 18.3. The molecule has 7 heteroatoms. The van der Waals surface area contributed by atoms with E-state index in [-0.39, 0.29) is 6.23 Å². The SMILES string of the molecule is CSc1nnc2c(n1)O[C@H](c1c(C)cc(C)cc1C)Nc1ccc(Br)cc1-2. The van der Waals surface area contributed by atoms with Gasteiger partial charge in [0.15, 0.2) is 11.9 Å². The zero-order chi connectivity index (χ0) is 19.1. The number of benzene rings is 2. The number of ether oxygens (including phenoxy) is 1. The van der Waals surface area contributed by atoms with E-state index in [9.17, 15) is 0 Å². The van der Waals surface area contributed by atoms with Gasteiger partial charge in [-0.1, -0.05) is 45.4 Å². The predicted octanol–water partition coefficient (Wildman–Crippen LogP) is 5.45. The van der Waals surface area contributed by atoms with Crippen molar-refractivity contribution in [1.82, 2.24) is 15.2 Å². The van der Waals surface area contributed by atoms with Crippen molar-refractivity contribution >= 4 is 33.4 Å². The van der Waals surface area contributed by atoms with E-state index in [4.69, 9.17) is 4.74 Å². The van der Waals surface area contributed by atoms with Gasteiger partial charge < -0.3 is 10.1 Å². The van der Waals surface area contributed by atoms with Gasteiger partial charge in [0.1, 0.15) is 0 Å². The quantitative estimate of drug-likeness (QED) is 0.532. The highest BCUT2D eigenvalue weighted by atomic mass is 79.9. The van der Waals surface area contributed by atoms with Crippen LogP contribution in [0.2, 0.25) is 0 Å². The molecule has 1 aliphatic heterocycles. The van der Waals surface area contributed by atoms with Crippen LogP contribution in [-0.2, 0) is 0 Å². The van der Waals surface area contributed by atoms with Crippen LogP contribution in [0.5, 0.6) is 5.88 Å². The number of aromatic nitrogens is 3. The minimum Gasteiger partial charge on any atom is -0.448 e. The van der Waals surface area contributed by atoms with E-state index in [0.29, 0.717) is 16.7 Å². The van der Waals surface area contributed by atoms with Crippen molar-refractivity contribution in [1.29, 1.82) is 0 Å². The molecule has 27 heavy (non-hydrogen) atoms. The summed E-state index contributed by atoms with van der Waals surface area (Å²) < 4.78 is 7.32. The molecule has 1 N–H and O–H groups in total. The summed E-state index contributed by atoms with van der Waals surface area (Å²) in [6.45, 7) is 6.33. The average Bonchev–Trinajstić information content (AvgIpc) is 2.76. The molecule has 1 aromatic heterocycles. The summed E-state index contributed by atoms with van der Waals surface area (Å²) in [6.07, 6.45) is 1.56. The maximum atomic E-state index is 6.36. The van der Waals surface area contributed by atoms with Gasteiger partial charge in [0.05, 0.1) is 0 Å². The third-order valence-corrected chi connectivity index (χ3v) is 5.60. The molecule has 0 radical (unpaired) electrons. The Kier molecular flexibility index (Phi) is 4.82. The summed E-state index contributed by atoms with van der Waals surface area (Å²) in [5, 5.41) is 12.7. The second kappa shape index (κ2) is 7.13. The third-order valence-electron chi connectivity index (χ3n) is 4.57. The van der Waals surface area contributed by atoms with Crippen LogP contribution in [0.15, 0.2) is 40.0 Å². The lowest BCUT2D eigenvalue weighted by Gasteiger charge is -2.23. The van der Waals surface area contributed by atoms with Gasteiger partial charge in [-0.15, -0.1) is 10.2 Å². The molecule has 138 valence electrons. The Morgan fingerprint density at radius 3 is 2.52 bits per heavy atom. The molecule has 2 aromatic carbocycles. The lowest BCUT2D eigenvalue weighted by atomic mass is 9.98. The van der Waals surface area contributed by atoms with E-state index < -0.39 is 0 Å². The summed E-state index contributed by atoms with van der Waals surface area (Å²) in [4.78, 5) is 4.58. The van der Waals surface area contributed by atoms with Crippen LogP contribution in [0.3, 0.4) is 0 Å². The van der Waals surface area contributed by atoms with Crippen molar-refractivity contribution in [2.24, 2.45) is 0 Å². The number of nitrogens with one attached hydrogen (secondary N) is 1. The Morgan fingerprint density at radius 2 is 1.81 bits per heavy atom. The van der Waals surface area contributed by atoms with Crippen LogP contribution in [-0.4, -0.2) is 21.4 Å². The fourth-order valence-electron chi connectivity index (χ4n) is 3.49. The van der Waals surface area contributed by atoms with Crippen LogP contribution in [0.1, 0.15) is 28.5 Å². The summed E-state index contributed by atoms with van der Waals surface area (Å²) in [5.41, 5.74) is 7.21. The molecular weight excluding hydrogens is 424 g/mol. The molecule has 0 fully saturated rings. The van der Waals surface area contributed by atoms with Crippen molar-refractivity contribution in [2.45, 2.75) is 32.2 Å². The summed E-state index contributed by atoms with van der Waals surface area (Å²) in [6, 6.07) is 10.4. The number of halogens is 1. The van der Waals surface area contributed by atoms with Gasteiger partial charge in [-0.05, 0) is 56.4 Å². The maximum absolute atomic E-state index is 6.36. The first-order chi connectivity index (χ1) is 13.0. The van der Waals surface area contributed by atoms with Crippen LogP contribution < -0.4 is 10.1 Å². The standard InChI is InChI=1S/C20H19BrN4OS/c1-10-7-11(2)16(12(3)8-10)18-22-15-6-5-13(21)9-14(15)17-19(26-18)23-20(27-4)25-24-17/h5-9,18,22H,1-4H3/t18-/m1/s1. The van der Waals surface area contributed by atoms with E-state index in [1.807, 2.05) is 24.5 Å². The normalized spacial score (nSPS) is 15.2. The molecule has 1 atom stereocenters. The van der Waals surface area contributed by atoms with Crippen molar-refractivity contribution in [3.8, 4) is 17.1 Å². The number of anilines is 1. The molecule has 0 amide bonds. The number of hydrogen-bond donors (Lipinski definition) is 1. The van der Waals surface area contributed by atoms with E-state index in [0.717, 1.165) is 21.3 Å². The van der Waals surface area contributed by atoms with Gasteiger partial charge in [0.25, 0.3) is 0 Å². The number of nitrogens with zero attached hydrogens (tertiary/aromatic N) is 3. The second-order valence-electron chi connectivity index (χ2n) is 6.60. The van der Waals surface area contributed by atoms with Gasteiger partial charge >= 0.3 is 0 Å². The summed E-state index contributed by atoms with van der Waals surface area (Å²) >= 11 is 4.99. The average molecular weight is 443 g/mol. The smallest absolute Gasteiger partial charge is 0.247 e. The lowest BCUT2D eigenvalue weighted by Crippen LogP contribution is -2.19. The molecule has 5 nitrogen and oxygen atoms in total. The maximum Gasteiger partial charge on any atom is 0.247 e. The topological polar surface area (TPSA) is 59.9 Å². The van der Waals surface area contributed by atoms with E-state index in [1.54, 1.807) is 0 Å². The number of aryl methyl sites for hydroxylation is 3. The Balaban J connectivity index is 1.92. The number of hydrogen-bond acceptors (Lipinski definition) is 6. The zero-order valence-electron chi connectivity index (χ0n) is 15.5. The molecule has 0 unspecified atom stereocenters. The van der Waals surface area contributed by atoms with E-state index in [2.05, 4.69) is 69.3 Å². The predicted molar refractivity (Wildman–Crippen MR) is 112 cm³/mol. The first-order valence-corrected chi connectivity index (χ1v) is 10.6. The molecule has 0 aliphatic carbocycles. The molecule has 0 saturated heterocycles. The van der Waals surface area contributed by atoms with Gasteiger partial charge in [0.2, 0.25) is 11.0 Å². The molecule has 3 aromatic rings. The largest absolute Gasteiger partial charge is 0.448 e. The second-order valence-corrected chi connectivity index (χ2v) is 8.29. The summed E-state index contributed by atoms with van der Waals surface area (Å²) in [5.74, 6) is 0.489. The van der Waals surface area contributed by atoms with Crippen molar-refractivity contribution in [3.63, 3.8) is 0 Å².